The zero-order valence-electron chi connectivity index (χ0n) is 29.4. The molecule has 4 aromatic rings. The maximum Gasteiger partial charge on any atom is 0.274 e. The van der Waals surface area contributed by atoms with Gasteiger partial charge in [0.2, 0.25) is 17.7 Å². The lowest BCUT2D eigenvalue weighted by Crippen LogP contribution is -2.52. The number of carbonyl (C=O) groups is 4. The topological polar surface area (TPSA) is 142 Å². The van der Waals surface area contributed by atoms with Crippen molar-refractivity contribution in [3.05, 3.63) is 107 Å². The molecule has 2 aromatic heterocycles. The maximum absolute atomic E-state index is 14.7. The molecule has 4 amide bonds. The number of nitrogens with zero attached hydrogens (tertiary/aromatic N) is 5. The van der Waals surface area contributed by atoms with Gasteiger partial charge in [-0.15, -0.1) is 0 Å². The van der Waals surface area contributed by atoms with Crippen molar-refractivity contribution in [2.24, 2.45) is 12.5 Å². The standard InChI is InChI=1S/C39H44N8O4/c1-4-38(14-18-46(19-15-38)35(49)32-13-17-45(3)44-32)37(51)47(24-28-9-6-5-8-27(28)23-40-2)25-33(48)42-30-12-11-26-21-39(22-29(26)20-30)31-10-7-16-41-34(31)43-36(39)50/h5-13,16-17,20,40H,4,14-15,18-19,21-25H2,1-3H3,(H,42,48)(H,41,43,50)/t39-/m1/s1. The lowest BCUT2D eigenvalue weighted by molar-refractivity contribution is -0.147. The summed E-state index contributed by atoms with van der Waals surface area (Å²) in [6, 6.07) is 19.3. The Hall–Kier alpha value is -5.36. The summed E-state index contributed by atoms with van der Waals surface area (Å²) in [4.78, 5) is 62.6. The molecule has 2 aliphatic heterocycles. The summed E-state index contributed by atoms with van der Waals surface area (Å²) in [5, 5.41) is 13.5. The number of piperidine rings is 1. The second-order valence-corrected chi connectivity index (χ2v) is 14.1. The van der Waals surface area contributed by atoms with Crippen LogP contribution in [0.3, 0.4) is 0 Å². The number of pyridine rings is 1. The highest BCUT2D eigenvalue weighted by Crippen LogP contribution is 2.47. The molecular weight excluding hydrogens is 644 g/mol. The van der Waals surface area contributed by atoms with Gasteiger partial charge in [0.15, 0.2) is 0 Å². The zero-order chi connectivity index (χ0) is 35.8. The second-order valence-electron chi connectivity index (χ2n) is 14.1. The molecule has 3 aliphatic rings. The number of aromatic nitrogens is 3. The quantitative estimate of drug-likeness (QED) is 0.230. The highest BCUT2D eigenvalue weighted by atomic mass is 16.2. The highest BCUT2D eigenvalue weighted by Gasteiger charge is 2.51. The minimum Gasteiger partial charge on any atom is -0.337 e. The molecule has 12 nitrogen and oxygen atoms in total. The van der Waals surface area contributed by atoms with E-state index < -0.39 is 10.8 Å². The van der Waals surface area contributed by atoms with Gasteiger partial charge in [-0.3, -0.25) is 23.9 Å². The van der Waals surface area contributed by atoms with E-state index in [1.165, 1.54) is 0 Å². The smallest absolute Gasteiger partial charge is 0.274 e. The molecule has 4 heterocycles. The van der Waals surface area contributed by atoms with Crippen molar-refractivity contribution in [3.63, 3.8) is 0 Å². The maximum atomic E-state index is 14.7. The molecule has 1 saturated heterocycles. The fraction of sp³-hybridized carbons (Fsp3) is 0.385. The van der Waals surface area contributed by atoms with Gasteiger partial charge in [-0.05, 0) is 85.7 Å². The highest BCUT2D eigenvalue weighted by molar-refractivity contribution is 6.06. The van der Waals surface area contributed by atoms with E-state index in [-0.39, 0.29) is 36.7 Å². The third-order valence-corrected chi connectivity index (χ3v) is 11.0. The molecule has 1 spiro atoms. The summed E-state index contributed by atoms with van der Waals surface area (Å²) in [6.07, 6.45) is 6.09. The average Bonchev–Trinajstić information content (AvgIpc) is 3.83. The third-order valence-electron chi connectivity index (χ3n) is 11.0. The third kappa shape index (κ3) is 6.40. The van der Waals surface area contributed by atoms with E-state index in [0.717, 1.165) is 27.8 Å². The molecule has 0 radical (unpaired) electrons. The van der Waals surface area contributed by atoms with Crippen LogP contribution in [0.2, 0.25) is 0 Å². The number of nitrogens with one attached hydrogen (secondary N) is 3. The normalized spacial score (nSPS) is 18.6. The first kappa shape index (κ1) is 34.1. The van der Waals surface area contributed by atoms with Gasteiger partial charge in [0.25, 0.3) is 5.91 Å². The van der Waals surface area contributed by atoms with Crippen LogP contribution in [-0.2, 0) is 52.8 Å². The van der Waals surface area contributed by atoms with Gasteiger partial charge in [-0.1, -0.05) is 43.3 Å². The summed E-state index contributed by atoms with van der Waals surface area (Å²) >= 11 is 0. The molecule has 1 atom stereocenters. The molecular formula is C39H44N8O4. The van der Waals surface area contributed by atoms with Gasteiger partial charge in [-0.2, -0.15) is 5.10 Å². The fourth-order valence-electron chi connectivity index (χ4n) is 8.08. The average molecular weight is 689 g/mol. The summed E-state index contributed by atoms with van der Waals surface area (Å²) in [5.41, 5.74) is 4.59. The fourth-order valence-corrected chi connectivity index (χ4v) is 8.08. The lowest BCUT2D eigenvalue weighted by atomic mass is 9.74. The second kappa shape index (κ2) is 13.7. The van der Waals surface area contributed by atoms with Crippen LogP contribution in [0.25, 0.3) is 0 Å². The molecule has 264 valence electrons. The Balaban J connectivity index is 1.09. The van der Waals surface area contributed by atoms with Crippen LogP contribution in [0.4, 0.5) is 11.5 Å². The predicted octanol–water partition coefficient (Wildman–Crippen LogP) is 3.82. The Bertz CT molecular complexity index is 2000. The van der Waals surface area contributed by atoms with Gasteiger partial charge in [0.1, 0.15) is 18.1 Å². The Morgan fingerprint density at radius 3 is 2.47 bits per heavy atom. The number of benzene rings is 2. The first-order valence-corrected chi connectivity index (χ1v) is 17.6. The van der Waals surface area contributed by atoms with Crippen LogP contribution in [0.5, 0.6) is 0 Å². The van der Waals surface area contributed by atoms with Crippen molar-refractivity contribution in [1.82, 2.24) is 29.9 Å². The number of aryl methyl sites for hydroxylation is 1. The van der Waals surface area contributed by atoms with Gasteiger partial charge < -0.3 is 25.8 Å². The number of fused-ring (bicyclic) bond motifs is 3. The molecule has 12 heteroatoms. The number of rotatable bonds is 10. The van der Waals surface area contributed by atoms with Crippen molar-refractivity contribution in [2.45, 2.75) is 57.5 Å². The van der Waals surface area contributed by atoms with E-state index in [1.807, 2.05) is 68.6 Å². The van der Waals surface area contributed by atoms with Crippen LogP contribution >= 0.6 is 0 Å². The molecule has 0 unspecified atom stereocenters. The van der Waals surface area contributed by atoms with Gasteiger partial charge >= 0.3 is 0 Å². The molecule has 2 aromatic carbocycles. The van der Waals surface area contributed by atoms with Crippen LogP contribution in [0, 0.1) is 5.41 Å². The van der Waals surface area contributed by atoms with Gasteiger partial charge in [0.05, 0.1) is 10.8 Å². The van der Waals surface area contributed by atoms with Gasteiger partial charge in [0, 0.05) is 56.9 Å². The number of amides is 4. The van der Waals surface area contributed by atoms with Crippen LogP contribution in [0.15, 0.2) is 73.1 Å². The summed E-state index contributed by atoms with van der Waals surface area (Å²) in [5.74, 6) is 0.0337. The minimum atomic E-state index is -0.714. The molecule has 51 heavy (non-hydrogen) atoms. The van der Waals surface area contributed by atoms with Crippen molar-refractivity contribution >= 4 is 35.1 Å². The first-order chi connectivity index (χ1) is 24.6. The Kier molecular flexibility index (Phi) is 9.19. The molecule has 1 aliphatic carbocycles. The van der Waals surface area contributed by atoms with Gasteiger partial charge in [-0.25, -0.2) is 4.98 Å². The number of carbonyl (C=O) groups excluding carboxylic acids is 4. The van der Waals surface area contributed by atoms with Crippen LogP contribution in [-0.4, -0.2) is 74.9 Å². The number of hydrogen-bond acceptors (Lipinski definition) is 7. The summed E-state index contributed by atoms with van der Waals surface area (Å²) in [6.45, 7) is 3.65. The molecule has 1 fully saturated rings. The predicted molar refractivity (Wildman–Crippen MR) is 193 cm³/mol. The molecule has 0 saturated carbocycles. The SMILES string of the molecule is CCC1(C(=O)N(CC(=O)Nc2ccc3c(c2)C[C@@]2(C3)C(=O)Nc3ncccc32)Cc2ccccc2CNC)CCN(C(=O)c2ccn(C)n2)CC1. The monoisotopic (exact) mass is 688 g/mol. The van der Waals surface area contributed by atoms with E-state index in [9.17, 15) is 19.2 Å². The lowest BCUT2D eigenvalue weighted by Gasteiger charge is -2.42. The molecule has 3 N–H and O–H groups in total. The van der Waals surface area contributed by atoms with Crippen molar-refractivity contribution in [3.8, 4) is 0 Å². The van der Waals surface area contributed by atoms with Crippen molar-refractivity contribution < 1.29 is 19.2 Å². The van der Waals surface area contributed by atoms with E-state index in [4.69, 9.17) is 0 Å². The van der Waals surface area contributed by atoms with Crippen LogP contribution < -0.4 is 16.0 Å². The first-order valence-electron chi connectivity index (χ1n) is 17.6. The Morgan fingerprint density at radius 1 is 0.980 bits per heavy atom. The minimum absolute atomic E-state index is 0.0533. The van der Waals surface area contributed by atoms with Crippen molar-refractivity contribution in [2.75, 3.05) is 37.3 Å². The number of anilines is 2. The summed E-state index contributed by atoms with van der Waals surface area (Å²) < 4.78 is 1.61. The van der Waals surface area contributed by atoms with E-state index in [2.05, 4.69) is 26.0 Å². The van der Waals surface area contributed by atoms with E-state index in [0.29, 0.717) is 68.9 Å². The Labute approximate surface area is 297 Å². The Morgan fingerprint density at radius 2 is 1.75 bits per heavy atom. The van der Waals surface area contributed by atoms with E-state index >= 15 is 0 Å². The number of likely N-dealkylation sites (tertiary alicyclic amines) is 1. The zero-order valence-corrected chi connectivity index (χ0v) is 29.4. The summed E-state index contributed by atoms with van der Waals surface area (Å²) in [7, 11) is 3.66. The van der Waals surface area contributed by atoms with E-state index in [1.54, 1.807) is 40.0 Å². The molecule has 0 bridgehead atoms. The largest absolute Gasteiger partial charge is 0.337 e. The van der Waals surface area contributed by atoms with Crippen LogP contribution in [0.1, 0.15) is 64.5 Å². The van der Waals surface area contributed by atoms with Crippen molar-refractivity contribution in [1.29, 1.82) is 0 Å². The number of hydrogen-bond donors (Lipinski definition) is 3. The molecule has 7 rings (SSSR count).